The molecule has 0 aromatic heterocycles. The molecule has 0 spiro atoms. The zero-order valence-corrected chi connectivity index (χ0v) is 10.2. The van der Waals surface area contributed by atoms with Gasteiger partial charge in [0.1, 0.15) is 11.6 Å². The summed E-state index contributed by atoms with van der Waals surface area (Å²) >= 11 is 10.8. The van der Waals surface area contributed by atoms with Crippen molar-refractivity contribution in [3.8, 4) is 0 Å². The van der Waals surface area contributed by atoms with Crippen LogP contribution in [0.3, 0.4) is 0 Å². The summed E-state index contributed by atoms with van der Waals surface area (Å²) < 4.78 is 12.3. The number of ketones is 1. The smallest absolute Gasteiger partial charge is 0.141 e. The second kappa shape index (κ2) is 7.66. The van der Waals surface area contributed by atoms with E-state index in [4.69, 9.17) is 23.2 Å². The van der Waals surface area contributed by atoms with E-state index in [2.05, 4.69) is 0 Å². The van der Waals surface area contributed by atoms with Crippen LogP contribution in [0.15, 0.2) is 18.2 Å². The van der Waals surface area contributed by atoms with Gasteiger partial charge in [-0.1, -0.05) is 37.0 Å². The molecule has 1 nitrogen and oxygen atoms in total. The molecule has 1 aromatic carbocycles. The molecule has 0 unspecified atom stereocenters. The van der Waals surface area contributed by atoms with Gasteiger partial charge in [-0.2, -0.15) is 0 Å². The zero-order valence-electron chi connectivity index (χ0n) is 8.69. The Bertz CT molecular complexity index is 320. The Morgan fingerprint density at radius 3 is 2.07 bits per heavy atom. The van der Waals surface area contributed by atoms with Gasteiger partial charge < -0.3 is 0 Å². The second-order valence-corrected chi connectivity index (χ2v) is 3.65. The van der Waals surface area contributed by atoms with Gasteiger partial charge in [0.25, 0.3) is 0 Å². The zero-order chi connectivity index (χ0) is 11.8. The molecule has 0 aliphatic heterocycles. The van der Waals surface area contributed by atoms with Crippen LogP contribution in [-0.4, -0.2) is 5.78 Å². The van der Waals surface area contributed by atoms with Gasteiger partial charge in [-0.3, -0.25) is 4.79 Å². The Labute approximate surface area is 99.2 Å². The average Bonchev–Trinajstić information content (AvgIpc) is 2.23. The number of benzene rings is 1. The average molecular weight is 251 g/mol. The fraction of sp³-hybridized carbons (Fsp3) is 0.364. The van der Waals surface area contributed by atoms with Crippen LogP contribution in [0.2, 0.25) is 10.0 Å². The minimum Gasteiger partial charge on any atom is -0.300 e. The van der Waals surface area contributed by atoms with E-state index in [1.807, 2.05) is 13.8 Å². The highest BCUT2D eigenvalue weighted by Gasteiger charge is 1.96. The van der Waals surface area contributed by atoms with Crippen molar-refractivity contribution in [3.63, 3.8) is 0 Å². The number of carbonyl (C=O) groups is 1. The van der Waals surface area contributed by atoms with E-state index in [0.717, 1.165) is 0 Å². The van der Waals surface area contributed by atoms with Crippen LogP contribution >= 0.6 is 23.2 Å². The highest BCUT2D eigenvalue weighted by Crippen LogP contribution is 2.18. The Hall–Kier alpha value is -0.600. The van der Waals surface area contributed by atoms with E-state index in [-0.39, 0.29) is 5.02 Å². The van der Waals surface area contributed by atoms with Crippen molar-refractivity contribution in [3.05, 3.63) is 34.1 Å². The summed E-state index contributed by atoms with van der Waals surface area (Å²) in [5.41, 5.74) is 0. The Balaban J connectivity index is 0.000000288. The van der Waals surface area contributed by atoms with Crippen LogP contribution < -0.4 is 0 Å². The lowest BCUT2D eigenvalue weighted by Crippen LogP contribution is -1.88. The van der Waals surface area contributed by atoms with Crippen molar-refractivity contribution < 1.29 is 9.18 Å². The van der Waals surface area contributed by atoms with Crippen LogP contribution in [0.1, 0.15) is 26.7 Å². The van der Waals surface area contributed by atoms with E-state index in [9.17, 15) is 9.18 Å². The molecule has 0 saturated heterocycles. The van der Waals surface area contributed by atoms with Crippen molar-refractivity contribution in [2.75, 3.05) is 0 Å². The van der Waals surface area contributed by atoms with E-state index >= 15 is 0 Å². The lowest BCUT2D eigenvalue weighted by Gasteiger charge is -1.91. The third-order valence-corrected chi connectivity index (χ3v) is 2.20. The summed E-state index contributed by atoms with van der Waals surface area (Å²) in [6.45, 7) is 3.76. The molecule has 4 heteroatoms. The van der Waals surface area contributed by atoms with Crippen molar-refractivity contribution in [2.45, 2.75) is 26.7 Å². The maximum Gasteiger partial charge on any atom is 0.141 e. The Morgan fingerprint density at radius 1 is 1.27 bits per heavy atom. The highest BCUT2D eigenvalue weighted by molar-refractivity contribution is 6.34. The first-order chi connectivity index (χ1) is 7.01. The van der Waals surface area contributed by atoms with Crippen molar-refractivity contribution in [1.82, 2.24) is 0 Å². The van der Waals surface area contributed by atoms with E-state index in [1.54, 1.807) is 0 Å². The number of hydrogen-bond donors (Lipinski definition) is 0. The highest BCUT2D eigenvalue weighted by atomic mass is 35.5. The fourth-order valence-corrected chi connectivity index (χ4v) is 1.13. The molecule has 0 aliphatic rings. The largest absolute Gasteiger partial charge is 0.300 e. The molecule has 0 atom stereocenters. The third-order valence-electron chi connectivity index (χ3n) is 1.67. The lowest BCUT2D eigenvalue weighted by molar-refractivity contribution is -0.118. The number of halogens is 3. The van der Waals surface area contributed by atoms with Gasteiger partial charge in [0.2, 0.25) is 0 Å². The van der Waals surface area contributed by atoms with Crippen molar-refractivity contribution in [1.29, 1.82) is 0 Å². The maximum absolute atomic E-state index is 12.3. The molecule has 0 bridgehead atoms. The van der Waals surface area contributed by atoms with Crippen LogP contribution in [0.4, 0.5) is 4.39 Å². The number of hydrogen-bond acceptors (Lipinski definition) is 1. The fourth-order valence-electron chi connectivity index (χ4n) is 0.720. The lowest BCUT2D eigenvalue weighted by atomic mass is 10.3. The molecule has 0 saturated carbocycles. The first-order valence-electron chi connectivity index (χ1n) is 4.63. The van der Waals surface area contributed by atoms with Crippen LogP contribution in [0.25, 0.3) is 0 Å². The van der Waals surface area contributed by atoms with Gasteiger partial charge >= 0.3 is 0 Å². The van der Waals surface area contributed by atoms with E-state index in [0.29, 0.717) is 23.6 Å². The molecule has 0 amide bonds. The normalized spacial score (nSPS) is 9.13. The van der Waals surface area contributed by atoms with Crippen LogP contribution in [0.5, 0.6) is 0 Å². The molecule has 0 aliphatic carbocycles. The van der Waals surface area contributed by atoms with Gasteiger partial charge in [-0.15, -0.1) is 0 Å². The molecule has 0 radical (unpaired) electrons. The Kier molecular flexibility index (Phi) is 7.35. The van der Waals surface area contributed by atoms with Gasteiger partial charge in [-0.25, -0.2) is 4.39 Å². The second-order valence-electron chi connectivity index (χ2n) is 2.80. The number of rotatable bonds is 2. The van der Waals surface area contributed by atoms with Gasteiger partial charge in [-0.05, 0) is 18.2 Å². The summed E-state index contributed by atoms with van der Waals surface area (Å²) in [7, 11) is 0. The van der Waals surface area contributed by atoms with Crippen molar-refractivity contribution in [2.24, 2.45) is 0 Å². The molecule has 84 valence electrons. The monoisotopic (exact) mass is 250 g/mol. The predicted octanol–water partition coefficient (Wildman–Crippen LogP) is 4.51. The minimum absolute atomic E-state index is 0.0579. The molecular weight excluding hydrogens is 238 g/mol. The first-order valence-corrected chi connectivity index (χ1v) is 5.39. The van der Waals surface area contributed by atoms with Gasteiger partial charge in [0, 0.05) is 17.9 Å². The topological polar surface area (TPSA) is 17.1 Å². The third kappa shape index (κ3) is 6.47. The number of carbonyl (C=O) groups excluding carboxylic acids is 1. The molecule has 1 aromatic rings. The molecule has 15 heavy (non-hydrogen) atoms. The summed E-state index contributed by atoms with van der Waals surface area (Å²) in [6, 6.07) is 4.03. The predicted molar refractivity (Wildman–Crippen MR) is 62.0 cm³/mol. The summed E-state index contributed by atoms with van der Waals surface area (Å²) in [6.07, 6.45) is 1.38. The molecule has 0 N–H and O–H groups in total. The minimum atomic E-state index is -0.443. The van der Waals surface area contributed by atoms with Crippen LogP contribution in [-0.2, 0) is 4.79 Å². The van der Waals surface area contributed by atoms with Gasteiger partial charge in [0.05, 0.1) is 5.02 Å². The SMILES string of the molecule is CCC(=O)CC.Fc1ccc(Cl)cc1Cl. The van der Waals surface area contributed by atoms with Gasteiger partial charge in [0.15, 0.2) is 0 Å². The summed E-state index contributed by atoms with van der Waals surface area (Å²) in [5.74, 6) is -0.101. The molecule has 0 fully saturated rings. The number of Topliss-reactive ketones (excluding diaryl/α,β-unsaturated/α-hetero) is 1. The summed E-state index contributed by atoms with van der Waals surface area (Å²) in [4.78, 5) is 10.2. The quantitative estimate of drug-likeness (QED) is 0.707. The first kappa shape index (κ1) is 14.4. The van der Waals surface area contributed by atoms with Crippen molar-refractivity contribution >= 4 is 29.0 Å². The molecule has 1 rings (SSSR count). The van der Waals surface area contributed by atoms with E-state index in [1.165, 1.54) is 18.2 Å². The Morgan fingerprint density at radius 2 is 1.80 bits per heavy atom. The molecular formula is C11H13Cl2FO. The van der Waals surface area contributed by atoms with Crippen LogP contribution in [0, 0.1) is 5.82 Å². The standard InChI is InChI=1S/C6H3Cl2F.C5H10O/c7-4-1-2-6(9)5(8)3-4;1-3-5(6)4-2/h1-3H;3-4H2,1-2H3. The maximum atomic E-state index is 12.3. The molecule has 0 heterocycles. The summed E-state index contributed by atoms with van der Waals surface area (Å²) in [5, 5.41) is 0.504. The van der Waals surface area contributed by atoms with E-state index < -0.39 is 5.82 Å².